The second-order valence-electron chi connectivity index (χ2n) is 5.56. The first-order valence-corrected chi connectivity index (χ1v) is 9.28. The van der Waals surface area contributed by atoms with Crippen molar-refractivity contribution in [1.29, 1.82) is 0 Å². The standard InChI is InChI=1S/C17H24ClN3O2S.HI/c1-3-12(2)21-17(19-9-8-13-5-4-10-23-13)20-11-14(22)15-6-7-16(18)24-15;/h4-7,10,12,14,22H,3,8-9,11H2,1-2H3,(H2,19,20,21);1H. The van der Waals surface area contributed by atoms with Crippen molar-refractivity contribution in [2.45, 2.75) is 38.8 Å². The van der Waals surface area contributed by atoms with Crippen LogP contribution in [0.25, 0.3) is 0 Å². The molecule has 0 bridgehead atoms. The molecule has 0 aromatic carbocycles. The molecular formula is C17H25ClIN3O2S. The number of halogens is 2. The summed E-state index contributed by atoms with van der Waals surface area (Å²) in [6.45, 7) is 5.19. The molecule has 2 heterocycles. The van der Waals surface area contributed by atoms with E-state index in [0.29, 0.717) is 22.9 Å². The fraction of sp³-hybridized carbons (Fsp3) is 0.471. The Morgan fingerprint density at radius 3 is 2.80 bits per heavy atom. The van der Waals surface area contributed by atoms with Crippen molar-refractivity contribution in [2.24, 2.45) is 4.99 Å². The first-order chi connectivity index (χ1) is 11.6. The van der Waals surface area contributed by atoms with Gasteiger partial charge >= 0.3 is 0 Å². The first-order valence-electron chi connectivity index (χ1n) is 8.09. The summed E-state index contributed by atoms with van der Waals surface area (Å²) in [7, 11) is 0. The van der Waals surface area contributed by atoms with Crippen LogP contribution >= 0.6 is 46.9 Å². The molecule has 0 spiro atoms. The number of hydrogen-bond acceptors (Lipinski definition) is 4. The molecule has 2 atom stereocenters. The lowest BCUT2D eigenvalue weighted by molar-refractivity contribution is 0.191. The van der Waals surface area contributed by atoms with Gasteiger partial charge in [0.15, 0.2) is 5.96 Å². The number of guanidine groups is 1. The van der Waals surface area contributed by atoms with E-state index >= 15 is 0 Å². The zero-order valence-corrected chi connectivity index (χ0v) is 18.3. The minimum Gasteiger partial charge on any atom is -0.469 e. The van der Waals surface area contributed by atoms with Crippen LogP contribution in [0.5, 0.6) is 0 Å². The highest BCUT2D eigenvalue weighted by Crippen LogP contribution is 2.26. The highest BCUT2D eigenvalue weighted by molar-refractivity contribution is 14.0. The number of furan rings is 1. The molecule has 0 saturated carbocycles. The molecule has 0 amide bonds. The quantitative estimate of drug-likeness (QED) is 0.290. The Labute approximate surface area is 174 Å². The average molecular weight is 498 g/mol. The van der Waals surface area contributed by atoms with Gasteiger partial charge in [-0.2, -0.15) is 0 Å². The lowest BCUT2D eigenvalue weighted by Crippen LogP contribution is -2.43. The second-order valence-corrected chi connectivity index (χ2v) is 7.30. The highest BCUT2D eigenvalue weighted by Gasteiger charge is 2.11. The number of aliphatic imine (C=N–C) groups is 1. The molecule has 5 nitrogen and oxygen atoms in total. The van der Waals surface area contributed by atoms with Gasteiger partial charge in [-0.3, -0.25) is 4.99 Å². The summed E-state index contributed by atoms with van der Waals surface area (Å²) >= 11 is 7.29. The maximum Gasteiger partial charge on any atom is 0.191 e. The van der Waals surface area contributed by atoms with Gasteiger partial charge in [0.2, 0.25) is 0 Å². The van der Waals surface area contributed by atoms with Crippen molar-refractivity contribution in [3.8, 4) is 0 Å². The molecule has 140 valence electrons. The van der Waals surface area contributed by atoms with E-state index in [2.05, 4.69) is 29.5 Å². The molecule has 0 fully saturated rings. The minimum atomic E-state index is -0.650. The van der Waals surface area contributed by atoms with Gasteiger partial charge in [0.1, 0.15) is 11.9 Å². The van der Waals surface area contributed by atoms with Crippen LogP contribution in [0.3, 0.4) is 0 Å². The summed E-state index contributed by atoms with van der Waals surface area (Å²) in [5.74, 6) is 1.62. The maximum atomic E-state index is 10.2. The van der Waals surface area contributed by atoms with Crippen molar-refractivity contribution in [2.75, 3.05) is 13.1 Å². The largest absolute Gasteiger partial charge is 0.469 e. The fourth-order valence-electron chi connectivity index (χ4n) is 2.02. The van der Waals surface area contributed by atoms with Crippen LogP contribution in [0, 0.1) is 0 Å². The molecular weight excluding hydrogens is 473 g/mol. The van der Waals surface area contributed by atoms with Gasteiger partial charge in [-0.1, -0.05) is 18.5 Å². The van der Waals surface area contributed by atoms with Crippen LogP contribution in [-0.4, -0.2) is 30.2 Å². The zero-order chi connectivity index (χ0) is 17.4. The number of nitrogens with zero attached hydrogens (tertiary/aromatic N) is 1. The van der Waals surface area contributed by atoms with Gasteiger partial charge in [0.05, 0.1) is 17.1 Å². The van der Waals surface area contributed by atoms with E-state index in [0.717, 1.165) is 23.5 Å². The van der Waals surface area contributed by atoms with E-state index in [1.807, 2.05) is 18.2 Å². The molecule has 0 aliphatic carbocycles. The van der Waals surface area contributed by atoms with Crippen molar-refractivity contribution in [3.63, 3.8) is 0 Å². The van der Waals surface area contributed by atoms with Gasteiger partial charge in [-0.05, 0) is 37.6 Å². The molecule has 25 heavy (non-hydrogen) atoms. The lowest BCUT2D eigenvalue weighted by atomic mass is 10.2. The van der Waals surface area contributed by atoms with Gasteiger partial charge in [0, 0.05) is 23.9 Å². The summed E-state index contributed by atoms with van der Waals surface area (Å²) < 4.78 is 5.99. The third-order valence-electron chi connectivity index (χ3n) is 3.58. The Hall–Kier alpha value is -0.770. The predicted octanol–water partition coefficient (Wildman–Crippen LogP) is 4.22. The summed E-state index contributed by atoms with van der Waals surface area (Å²) in [5.41, 5.74) is 0. The van der Waals surface area contributed by atoms with Crippen LogP contribution in [0.2, 0.25) is 4.34 Å². The smallest absolute Gasteiger partial charge is 0.191 e. The molecule has 0 radical (unpaired) electrons. The molecule has 8 heteroatoms. The second kappa shape index (κ2) is 11.8. The van der Waals surface area contributed by atoms with Crippen LogP contribution in [0.15, 0.2) is 39.9 Å². The number of nitrogens with one attached hydrogen (secondary N) is 2. The summed E-state index contributed by atoms with van der Waals surface area (Å²) in [6.07, 6.45) is 2.78. The molecule has 2 unspecified atom stereocenters. The van der Waals surface area contributed by atoms with Crippen molar-refractivity contribution < 1.29 is 9.52 Å². The fourth-order valence-corrected chi connectivity index (χ4v) is 3.06. The monoisotopic (exact) mass is 497 g/mol. The Bertz CT molecular complexity index is 634. The van der Waals surface area contributed by atoms with Gasteiger partial charge in [-0.15, -0.1) is 35.3 Å². The van der Waals surface area contributed by atoms with Crippen molar-refractivity contribution >= 4 is 52.9 Å². The van der Waals surface area contributed by atoms with Gasteiger partial charge in [0.25, 0.3) is 0 Å². The Balaban J connectivity index is 0.00000312. The van der Waals surface area contributed by atoms with Gasteiger partial charge < -0.3 is 20.2 Å². The minimum absolute atomic E-state index is 0. The molecule has 2 aromatic rings. The summed E-state index contributed by atoms with van der Waals surface area (Å²) in [6, 6.07) is 7.75. The van der Waals surface area contributed by atoms with Gasteiger partial charge in [-0.25, -0.2) is 0 Å². The number of rotatable bonds is 8. The Morgan fingerprint density at radius 2 is 2.20 bits per heavy atom. The van der Waals surface area contributed by atoms with Crippen LogP contribution in [0.4, 0.5) is 0 Å². The van der Waals surface area contributed by atoms with Crippen LogP contribution in [0.1, 0.15) is 37.0 Å². The third-order valence-corrected chi connectivity index (χ3v) is 4.92. The molecule has 3 N–H and O–H groups in total. The maximum absolute atomic E-state index is 10.2. The molecule has 0 aliphatic heterocycles. The van der Waals surface area contributed by atoms with Crippen LogP contribution < -0.4 is 10.6 Å². The number of aliphatic hydroxyl groups excluding tert-OH is 1. The Kier molecular flexibility index (Phi) is 10.5. The molecule has 2 rings (SSSR count). The van der Waals surface area contributed by atoms with Crippen LogP contribution in [-0.2, 0) is 6.42 Å². The van der Waals surface area contributed by atoms with E-state index in [1.165, 1.54) is 11.3 Å². The van der Waals surface area contributed by atoms with E-state index in [1.54, 1.807) is 12.3 Å². The van der Waals surface area contributed by atoms with Crippen molar-refractivity contribution in [1.82, 2.24) is 10.6 Å². The van der Waals surface area contributed by atoms with Crippen molar-refractivity contribution in [3.05, 3.63) is 45.5 Å². The topological polar surface area (TPSA) is 69.8 Å². The summed E-state index contributed by atoms with van der Waals surface area (Å²) in [4.78, 5) is 5.31. The average Bonchev–Trinajstić information content (AvgIpc) is 3.23. The Morgan fingerprint density at radius 1 is 1.40 bits per heavy atom. The molecule has 2 aromatic heterocycles. The number of thiophene rings is 1. The van der Waals surface area contributed by atoms with E-state index in [-0.39, 0.29) is 30.5 Å². The molecule has 0 aliphatic rings. The molecule has 0 saturated heterocycles. The lowest BCUT2D eigenvalue weighted by Gasteiger charge is -2.17. The first kappa shape index (κ1) is 22.3. The van der Waals surface area contributed by atoms with E-state index < -0.39 is 6.10 Å². The SMILES string of the molecule is CCC(C)NC(=NCC(O)c1ccc(Cl)s1)NCCc1ccco1.I. The number of hydrogen-bond donors (Lipinski definition) is 3. The van der Waals surface area contributed by atoms with E-state index in [9.17, 15) is 5.11 Å². The van der Waals surface area contributed by atoms with E-state index in [4.69, 9.17) is 16.0 Å². The third kappa shape index (κ3) is 7.98. The number of aliphatic hydroxyl groups is 1. The summed E-state index contributed by atoms with van der Waals surface area (Å²) in [5, 5.41) is 16.8. The predicted molar refractivity (Wildman–Crippen MR) is 115 cm³/mol. The highest BCUT2D eigenvalue weighted by atomic mass is 127. The normalized spacial score (nSPS) is 13.8. The zero-order valence-electron chi connectivity index (χ0n) is 14.4.